The number of aliphatic hydroxyl groups excluding tert-OH is 1. The smallest absolute Gasteiger partial charge is 0.295 e. The van der Waals surface area contributed by atoms with Gasteiger partial charge in [-0.25, -0.2) is 0 Å². The van der Waals surface area contributed by atoms with E-state index in [2.05, 4.69) is 13.8 Å². The molecule has 0 aromatic heterocycles. The first-order valence-electron chi connectivity index (χ1n) is 11.4. The lowest BCUT2D eigenvalue weighted by atomic mass is 9.95. The van der Waals surface area contributed by atoms with Crippen LogP contribution < -0.4 is 4.74 Å². The van der Waals surface area contributed by atoms with Gasteiger partial charge in [0.05, 0.1) is 18.2 Å². The summed E-state index contributed by atoms with van der Waals surface area (Å²) < 4.78 is 11.0. The Kier molecular flexibility index (Phi) is 8.28. The highest BCUT2D eigenvalue weighted by molar-refractivity contribution is 6.46. The number of nitrogens with zero attached hydrogens (tertiary/aromatic N) is 1. The number of likely N-dealkylation sites (tertiary alicyclic amines) is 1. The van der Waals surface area contributed by atoms with E-state index in [-0.39, 0.29) is 11.3 Å². The number of aliphatic hydroxyl groups is 1. The summed E-state index contributed by atoms with van der Waals surface area (Å²) in [6, 6.07) is 14.0. The lowest BCUT2D eigenvalue weighted by Gasteiger charge is -2.25. The van der Waals surface area contributed by atoms with Crippen molar-refractivity contribution in [2.24, 2.45) is 5.92 Å². The van der Waals surface area contributed by atoms with E-state index in [1.54, 1.807) is 19.2 Å². The third-order valence-electron chi connectivity index (χ3n) is 5.75. The quantitative estimate of drug-likeness (QED) is 0.241. The molecule has 2 aromatic carbocycles. The number of hydrogen-bond acceptors (Lipinski definition) is 5. The van der Waals surface area contributed by atoms with E-state index in [1.165, 1.54) is 4.90 Å². The zero-order valence-corrected chi connectivity index (χ0v) is 19.8. The first kappa shape index (κ1) is 24.5. The normalized spacial score (nSPS) is 17.7. The molecule has 6 nitrogen and oxygen atoms in total. The van der Waals surface area contributed by atoms with Crippen molar-refractivity contribution >= 4 is 17.4 Å². The first-order valence-corrected chi connectivity index (χ1v) is 11.4. The number of methoxy groups -OCH3 is 1. The van der Waals surface area contributed by atoms with Gasteiger partial charge in [0.1, 0.15) is 11.5 Å². The molecule has 2 aromatic rings. The molecule has 1 N–H and O–H groups in total. The predicted molar refractivity (Wildman–Crippen MR) is 128 cm³/mol. The number of Topliss-reactive ketones (excluding diaryl/α,β-unsaturated/α-hetero) is 1. The fourth-order valence-electron chi connectivity index (χ4n) is 3.89. The number of hydrogen-bond donors (Lipinski definition) is 1. The van der Waals surface area contributed by atoms with Gasteiger partial charge in [-0.2, -0.15) is 0 Å². The number of aryl methyl sites for hydroxylation is 1. The Hall–Kier alpha value is -3.12. The SMILES string of the molecule is COCCCN1C(=O)C(=O)/C(=C(/O)c2ccc(C)cc2)C1c1cccc(OCCC(C)C)c1. The molecular formula is C27H33NO5. The van der Waals surface area contributed by atoms with E-state index in [0.29, 0.717) is 43.4 Å². The summed E-state index contributed by atoms with van der Waals surface area (Å²) in [6.07, 6.45) is 1.50. The molecule has 176 valence electrons. The van der Waals surface area contributed by atoms with Crippen LogP contribution in [0.3, 0.4) is 0 Å². The van der Waals surface area contributed by atoms with E-state index in [9.17, 15) is 14.7 Å². The molecular weight excluding hydrogens is 418 g/mol. The molecule has 0 spiro atoms. The average Bonchev–Trinajstić information content (AvgIpc) is 3.04. The van der Waals surface area contributed by atoms with Crippen molar-refractivity contribution in [3.63, 3.8) is 0 Å². The second-order valence-electron chi connectivity index (χ2n) is 8.81. The minimum Gasteiger partial charge on any atom is -0.507 e. The number of benzene rings is 2. The van der Waals surface area contributed by atoms with Gasteiger partial charge in [-0.05, 0) is 43.4 Å². The van der Waals surface area contributed by atoms with Crippen LogP contribution in [0.5, 0.6) is 5.75 Å². The van der Waals surface area contributed by atoms with E-state index in [1.807, 2.05) is 43.3 Å². The van der Waals surface area contributed by atoms with Gasteiger partial charge in [0, 0.05) is 25.8 Å². The van der Waals surface area contributed by atoms with Crippen LogP contribution in [-0.2, 0) is 14.3 Å². The van der Waals surface area contributed by atoms with Crippen LogP contribution in [-0.4, -0.2) is 48.6 Å². The summed E-state index contributed by atoms with van der Waals surface area (Å²) in [4.78, 5) is 27.6. The summed E-state index contributed by atoms with van der Waals surface area (Å²) in [6.45, 7) is 7.61. The van der Waals surface area contributed by atoms with Gasteiger partial charge in [-0.3, -0.25) is 9.59 Å². The molecule has 1 atom stereocenters. The van der Waals surface area contributed by atoms with Crippen LogP contribution in [0.1, 0.15) is 49.4 Å². The van der Waals surface area contributed by atoms with Crippen LogP contribution in [0.15, 0.2) is 54.1 Å². The van der Waals surface area contributed by atoms with Gasteiger partial charge >= 0.3 is 0 Å². The summed E-state index contributed by atoms with van der Waals surface area (Å²) in [5.41, 5.74) is 2.36. The van der Waals surface area contributed by atoms with Crippen LogP contribution in [0.2, 0.25) is 0 Å². The van der Waals surface area contributed by atoms with E-state index >= 15 is 0 Å². The monoisotopic (exact) mass is 451 g/mol. The number of ether oxygens (including phenoxy) is 2. The Morgan fingerprint density at radius 2 is 1.82 bits per heavy atom. The van der Waals surface area contributed by atoms with Crippen LogP contribution in [0.25, 0.3) is 5.76 Å². The fraction of sp³-hybridized carbons (Fsp3) is 0.407. The summed E-state index contributed by atoms with van der Waals surface area (Å²) >= 11 is 0. The number of carbonyl (C=O) groups is 2. The van der Waals surface area contributed by atoms with E-state index < -0.39 is 17.7 Å². The number of amides is 1. The minimum absolute atomic E-state index is 0.0978. The molecule has 33 heavy (non-hydrogen) atoms. The van der Waals surface area contributed by atoms with Crippen molar-refractivity contribution in [2.75, 3.05) is 26.9 Å². The third-order valence-corrected chi connectivity index (χ3v) is 5.75. The van der Waals surface area contributed by atoms with E-state index in [4.69, 9.17) is 9.47 Å². The largest absolute Gasteiger partial charge is 0.507 e. The van der Waals surface area contributed by atoms with Crippen molar-refractivity contribution in [3.8, 4) is 5.75 Å². The van der Waals surface area contributed by atoms with Crippen molar-refractivity contribution in [3.05, 3.63) is 70.8 Å². The Bertz CT molecular complexity index is 1010. The predicted octanol–water partition coefficient (Wildman–Crippen LogP) is 4.88. The summed E-state index contributed by atoms with van der Waals surface area (Å²) in [5, 5.41) is 11.1. The molecule has 1 unspecified atom stereocenters. The Morgan fingerprint density at radius 1 is 1.09 bits per heavy atom. The van der Waals surface area contributed by atoms with Gasteiger partial charge in [-0.1, -0.05) is 55.8 Å². The molecule has 1 saturated heterocycles. The molecule has 1 aliphatic heterocycles. The van der Waals surface area contributed by atoms with Crippen molar-refractivity contribution in [1.82, 2.24) is 4.90 Å². The van der Waals surface area contributed by atoms with Crippen LogP contribution in [0, 0.1) is 12.8 Å². The molecule has 6 heteroatoms. The maximum Gasteiger partial charge on any atom is 0.295 e. The summed E-state index contributed by atoms with van der Waals surface area (Å²) in [7, 11) is 1.60. The van der Waals surface area contributed by atoms with Gasteiger partial charge in [0.15, 0.2) is 0 Å². The zero-order valence-electron chi connectivity index (χ0n) is 19.8. The summed E-state index contributed by atoms with van der Waals surface area (Å²) in [5.74, 6) is -0.266. The Morgan fingerprint density at radius 3 is 2.48 bits per heavy atom. The molecule has 3 rings (SSSR count). The maximum absolute atomic E-state index is 13.1. The number of ketones is 1. The average molecular weight is 452 g/mol. The highest BCUT2D eigenvalue weighted by atomic mass is 16.5. The number of rotatable bonds is 10. The van der Waals surface area contributed by atoms with Gasteiger partial charge in [0.25, 0.3) is 11.7 Å². The zero-order chi connectivity index (χ0) is 24.0. The second-order valence-corrected chi connectivity index (χ2v) is 8.81. The van der Waals surface area contributed by atoms with E-state index in [0.717, 1.165) is 17.5 Å². The fourth-order valence-corrected chi connectivity index (χ4v) is 3.89. The van der Waals surface area contributed by atoms with Crippen LogP contribution >= 0.6 is 0 Å². The molecule has 0 bridgehead atoms. The lowest BCUT2D eigenvalue weighted by molar-refractivity contribution is -0.140. The van der Waals surface area contributed by atoms with Gasteiger partial charge in [-0.15, -0.1) is 0 Å². The molecule has 1 heterocycles. The lowest BCUT2D eigenvalue weighted by Crippen LogP contribution is -2.31. The Labute approximate surface area is 195 Å². The molecule has 1 fully saturated rings. The second kappa shape index (κ2) is 11.1. The topological polar surface area (TPSA) is 76.1 Å². The highest BCUT2D eigenvalue weighted by Gasteiger charge is 2.45. The number of carbonyl (C=O) groups excluding carboxylic acids is 2. The minimum atomic E-state index is -0.697. The molecule has 0 radical (unpaired) electrons. The first-order chi connectivity index (χ1) is 15.8. The molecule has 1 amide bonds. The Balaban J connectivity index is 2.03. The third kappa shape index (κ3) is 5.82. The maximum atomic E-state index is 13.1. The van der Waals surface area contributed by atoms with Crippen LogP contribution in [0.4, 0.5) is 0 Å². The van der Waals surface area contributed by atoms with Gasteiger partial charge in [0.2, 0.25) is 0 Å². The highest BCUT2D eigenvalue weighted by Crippen LogP contribution is 2.40. The van der Waals surface area contributed by atoms with Gasteiger partial charge < -0.3 is 19.5 Å². The molecule has 0 saturated carbocycles. The van der Waals surface area contributed by atoms with Crippen molar-refractivity contribution in [2.45, 2.75) is 39.7 Å². The van der Waals surface area contributed by atoms with Crippen molar-refractivity contribution in [1.29, 1.82) is 0 Å². The molecule has 1 aliphatic rings. The molecule has 0 aliphatic carbocycles. The van der Waals surface area contributed by atoms with Crippen molar-refractivity contribution < 1.29 is 24.2 Å². The standard InChI is InChI=1S/C27H33NO5/c1-18(2)13-16-33-22-8-5-7-21(17-22)24-23(25(29)20-11-9-19(3)10-12-20)26(30)27(31)28(24)14-6-15-32-4/h5,7-12,17-18,24,29H,6,13-16H2,1-4H3/b25-23+.